The third-order valence-electron chi connectivity index (χ3n) is 3.72. The fraction of sp³-hybridized carbons (Fsp3) is 0.150. The van der Waals surface area contributed by atoms with Gasteiger partial charge in [0.15, 0.2) is 11.8 Å². The van der Waals surface area contributed by atoms with Crippen LogP contribution in [0.2, 0.25) is 0 Å². The zero-order chi connectivity index (χ0) is 18.5. The third kappa shape index (κ3) is 4.13. The summed E-state index contributed by atoms with van der Waals surface area (Å²) >= 11 is 1.34. The summed E-state index contributed by atoms with van der Waals surface area (Å²) in [5, 5.41) is 9.24. The van der Waals surface area contributed by atoms with Crippen molar-refractivity contribution in [2.75, 3.05) is 13.7 Å². The molecule has 1 heterocycles. The van der Waals surface area contributed by atoms with E-state index in [0.29, 0.717) is 15.8 Å². The molecule has 0 spiro atoms. The van der Waals surface area contributed by atoms with Gasteiger partial charge in [-0.1, -0.05) is 29.8 Å². The Morgan fingerprint density at radius 3 is 2.77 bits per heavy atom. The second-order valence-corrected chi connectivity index (χ2v) is 6.73. The molecule has 1 amide bonds. The van der Waals surface area contributed by atoms with Crippen LogP contribution in [0.5, 0.6) is 5.75 Å². The van der Waals surface area contributed by atoms with Crippen molar-refractivity contribution >= 4 is 34.6 Å². The first-order valence-corrected chi connectivity index (χ1v) is 8.81. The van der Waals surface area contributed by atoms with Crippen LogP contribution in [0, 0.1) is 18.3 Å². The predicted octanol–water partition coefficient (Wildman–Crippen LogP) is 4.13. The van der Waals surface area contributed by atoms with Gasteiger partial charge in [-0.3, -0.25) is 9.69 Å². The van der Waals surface area contributed by atoms with Crippen LogP contribution in [0.15, 0.2) is 58.4 Å². The van der Waals surface area contributed by atoms with Crippen molar-refractivity contribution in [3.05, 3.63) is 64.6 Å². The molecule has 0 atom stereocenters. The molecular weight excluding hydrogens is 346 g/mol. The van der Waals surface area contributed by atoms with Crippen molar-refractivity contribution < 1.29 is 9.53 Å². The van der Waals surface area contributed by atoms with Crippen molar-refractivity contribution in [3.63, 3.8) is 0 Å². The van der Waals surface area contributed by atoms with Crippen LogP contribution in [-0.2, 0) is 4.79 Å². The van der Waals surface area contributed by atoms with E-state index in [4.69, 9.17) is 10.00 Å². The molecule has 0 saturated carbocycles. The number of ether oxygens (including phenoxy) is 1. The topological polar surface area (TPSA) is 65.7 Å². The van der Waals surface area contributed by atoms with Gasteiger partial charge in [-0.2, -0.15) is 5.26 Å². The van der Waals surface area contributed by atoms with E-state index >= 15 is 0 Å². The number of hydrogen-bond acceptors (Lipinski definition) is 5. The number of rotatable bonds is 4. The minimum atomic E-state index is -0.0933. The summed E-state index contributed by atoms with van der Waals surface area (Å²) in [6.45, 7) is 2.01. The van der Waals surface area contributed by atoms with E-state index in [1.165, 1.54) is 11.8 Å². The molecule has 130 valence electrons. The number of carbonyl (C=O) groups is 1. The molecule has 3 rings (SSSR count). The fourth-order valence-electron chi connectivity index (χ4n) is 2.34. The Labute approximate surface area is 156 Å². The standard InChI is InChI=1S/C20H17N3O2S/c1-14-6-8-16(9-7-14)22-20-23(2)19(24)18(26-20)13-15-4-3-5-17(12-15)25-11-10-21/h3-9,12-13H,11H2,1-2H3/b18-13+,22-20?. The molecule has 1 aliphatic rings. The Morgan fingerprint density at radius 1 is 1.27 bits per heavy atom. The predicted molar refractivity (Wildman–Crippen MR) is 104 cm³/mol. The molecule has 0 bridgehead atoms. The van der Waals surface area contributed by atoms with Gasteiger partial charge < -0.3 is 4.74 Å². The number of aliphatic imine (C=N–C) groups is 1. The minimum absolute atomic E-state index is 0.0101. The quantitative estimate of drug-likeness (QED) is 0.766. The van der Waals surface area contributed by atoms with Gasteiger partial charge >= 0.3 is 0 Å². The van der Waals surface area contributed by atoms with Gasteiger partial charge in [0.25, 0.3) is 5.91 Å². The lowest BCUT2D eigenvalue weighted by atomic mass is 10.2. The number of nitrogens with zero attached hydrogens (tertiary/aromatic N) is 3. The normalized spacial score (nSPS) is 17.0. The number of thioether (sulfide) groups is 1. The van der Waals surface area contributed by atoms with E-state index in [2.05, 4.69) is 4.99 Å². The average Bonchev–Trinajstić information content (AvgIpc) is 2.90. The number of hydrogen-bond donors (Lipinski definition) is 0. The van der Waals surface area contributed by atoms with Crippen molar-refractivity contribution in [1.82, 2.24) is 4.90 Å². The van der Waals surface area contributed by atoms with Crippen LogP contribution in [0.1, 0.15) is 11.1 Å². The molecule has 1 aliphatic heterocycles. The zero-order valence-electron chi connectivity index (χ0n) is 14.5. The third-order valence-corrected chi connectivity index (χ3v) is 4.78. The Bertz CT molecular complexity index is 927. The Morgan fingerprint density at radius 2 is 2.04 bits per heavy atom. The molecule has 6 heteroatoms. The van der Waals surface area contributed by atoms with Crippen LogP contribution in [-0.4, -0.2) is 29.6 Å². The van der Waals surface area contributed by atoms with Crippen LogP contribution in [0.25, 0.3) is 6.08 Å². The van der Waals surface area contributed by atoms with Crippen molar-refractivity contribution in [2.24, 2.45) is 4.99 Å². The highest BCUT2D eigenvalue weighted by Crippen LogP contribution is 2.33. The lowest BCUT2D eigenvalue weighted by Crippen LogP contribution is -2.23. The second-order valence-electron chi connectivity index (χ2n) is 5.72. The molecule has 0 aliphatic carbocycles. The first-order chi connectivity index (χ1) is 12.6. The summed E-state index contributed by atoms with van der Waals surface area (Å²) in [4.78, 5) is 19.2. The molecular formula is C20H17N3O2S. The number of carbonyl (C=O) groups excluding carboxylic acids is 1. The number of amides is 1. The molecule has 0 radical (unpaired) electrons. The highest BCUT2D eigenvalue weighted by atomic mass is 32.2. The van der Waals surface area contributed by atoms with Gasteiger partial charge in [-0.05, 0) is 54.6 Å². The molecule has 0 N–H and O–H groups in total. The van der Waals surface area contributed by atoms with Crippen LogP contribution < -0.4 is 4.74 Å². The lowest BCUT2D eigenvalue weighted by Gasteiger charge is -2.07. The summed E-state index contributed by atoms with van der Waals surface area (Å²) in [5.41, 5.74) is 2.81. The highest BCUT2D eigenvalue weighted by molar-refractivity contribution is 8.18. The highest BCUT2D eigenvalue weighted by Gasteiger charge is 2.30. The maximum atomic E-state index is 12.5. The number of likely N-dealkylation sites (N-methyl/N-ethyl adjacent to an activating group) is 1. The maximum absolute atomic E-state index is 12.5. The number of benzene rings is 2. The number of aryl methyl sites for hydroxylation is 1. The summed E-state index contributed by atoms with van der Waals surface area (Å²) in [6, 6.07) is 17.1. The van der Waals surface area contributed by atoms with E-state index in [1.54, 1.807) is 30.2 Å². The summed E-state index contributed by atoms with van der Waals surface area (Å²) < 4.78 is 5.30. The fourth-order valence-corrected chi connectivity index (χ4v) is 3.33. The monoisotopic (exact) mass is 363 g/mol. The van der Waals surface area contributed by atoms with Gasteiger partial charge in [0.05, 0.1) is 10.6 Å². The second kappa shape index (κ2) is 7.89. The Balaban J connectivity index is 1.83. The van der Waals surface area contributed by atoms with Gasteiger partial charge in [-0.15, -0.1) is 0 Å². The van der Waals surface area contributed by atoms with E-state index in [1.807, 2.05) is 49.4 Å². The summed E-state index contributed by atoms with van der Waals surface area (Å²) in [7, 11) is 1.72. The van der Waals surface area contributed by atoms with Gasteiger partial charge in [-0.25, -0.2) is 4.99 Å². The van der Waals surface area contributed by atoms with Crippen molar-refractivity contribution in [2.45, 2.75) is 6.92 Å². The van der Waals surface area contributed by atoms with E-state index in [9.17, 15) is 4.79 Å². The average molecular weight is 363 g/mol. The Hall–Kier alpha value is -3.04. The van der Waals surface area contributed by atoms with Gasteiger partial charge in [0.1, 0.15) is 11.8 Å². The molecule has 26 heavy (non-hydrogen) atoms. The first-order valence-electron chi connectivity index (χ1n) is 7.99. The molecule has 5 nitrogen and oxygen atoms in total. The maximum Gasteiger partial charge on any atom is 0.266 e. The van der Waals surface area contributed by atoms with E-state index in [-0.39, 0.29) is 12.5 Å². The van der Waals surface area contributed by atoms with Gasteiger partial charge in [0.2, 0.25) is 0 Å². The molecule has 2 aromatic carbocycles. The van der Waals surface area contributed by atoms with Crippen molar-refractivity contribution in [3.8, 4) is 11.8 Å². The SMILES string of the molecule is Cc1ccc(N=C2S/C(=C/c3cccc(OCC#N)c3)C(=O)N2C)cc1. The zero-order valence-corrected chi connectivity index (χ0v) is 15.3. The van der Waals surface area contributed by atoms with Crippen molar-refractivity contribution in [1.29, 1.82) is 5.26 Å². The van der Waals surface area contributed by atoms with Gasteiger partial charge in [0, 0.05) is 7.05 Å². The summed E-state index contributed by atoms with van der Waals surface area (Å²) in [5.74, 6) is 0.502. The lowest BCUT2D eigenvalue weighted by molar-refractivity contribution is -0.121. The largest absolute Gasteiger partial charge is 0.479 e. The number of amidine groups is 1. The first kappa shape index (κ1) is 17.8. The molecule has 1 saturated heterocycles. The number of nitriles is 1. The molecule has 0 aromatic heterocycles. The van der Waals surface area contributed by atoms with Crippen LogP contribution in [0.3, 0.4) is 0 Å². The molecule has 2 aromatic rings. The Kier molecular flexibility index (Phi) is 5.40. The van der Waals surface area contributed by atoms with Crippen LogP contribution >= 0.6 is 11.8 Å². The van der Waals surface area contributed by atoms with E-state index in [0.717, 1.165) is 16.8 Å². The smallest absolute Gasteiger partial charge is 0.266 e. The molecule has 1 fully saturated rings. The summed E-state index contributed by atoms with van der Waals surface area (Å²) in [6.07, 6.45) is 1.81. The van der Waals surface area contributed by atoms with E-state index < -0.39 is 0 Å². The molecule has 0 unspecified atom stereocenters. The minimum Gasteiger partial charge on any atom is -0.479 e. The van der Waals surface area contributed by atoms with Crippen LogP contribution in [0.4, 0.5) is 5.69 Å².